The Morgan fingerprint density at radius 1 is 1.23 bits per heavy atom. The maximum absolute atomic E-state index is 5.88. The average Bonchev–Trinajstić information content (AvgIpc) is 2.14. The van der Waals surface area contributed by atoms with Crippen LogP contribution in [0, 0.1) is 0 Å². The zero-order valence-corrected chi connectivity index (χ0v) is 10.8. The van der Waals surface area contributed by atoms with Crippen LogP contribution in [0.2, 0.25) is 0 Å². The summed E-state index contributed by atoms with van der Waals surface area (Å²) in [6, 6.07) is 0. The summed E-state index contributed by atoms with van der Waals surface area (Å²) in [4.78, 5) is 0. The van der Waals surface area contributed by atoms with Gasteiger partial charge in [-0.25, -0.2) is 0 Å². The molecule has 0 spiro atoms. The summed E-state index contributed by atoms with van der Waals surface area (Å²) in [5, 5.41) is 0.326. The van der Waals surface area contributed by atoms with Crippen LogP contribution in [0.15, 0.2) is 0 Å². The van der Waals surface area contributed by atoms with E-state index in [0.717, 1.165) is 13.2 Å². The van der Waals surface area contributed by atoms with Crippen LogP contribution in [0.1, 0.15) is 44.9 Å². The normalized spacial score (nSPS) is 29.3. The molecule has 0 radical (unpaired) electrons. The van der Waals surface area contributed by atoms with Gasteiger partial charge in [-0.2, -0.15) is 0 Å². The van der Waals surface area contributed by atoms with E-state index in [-0.39, 0.29) is 0 Å². The van der Waals surface area contributed by atoms with Gasteiger partial charge in [-0.05, 0) is 38.6 Å². The van der Waals surface area contributed by atoms with Gasteiger partial charge in [-0.15, -0.1) is 0 Å². The summed E-state index contributed by atoms with van der Waals surface area (Å²) >= 11 is 0. The molecule has 3 heteroatoms. The van der Waals surface area contributed by atoms with Gasteiger partial charge in [0.15, 0.2) is 0 Å². The van der Waals surface area contributed by atoms with Crippen molar-refractivity contribution in [2.45, 2.75) is 50.2 Å². The van der Waals surface area contributed by atoms with E-state index in [1.54, 1.807) is 0 Å². The van der Waals surface area contributed by atoms with Gasteiger partial charge in [0, 0.05) is 22.1 Å². The summed E-state index contributed by atoms with van der Waals surface area (Å²) in [6.45, 7) is 1.84. The molecule has 2 N–H and O–H groups in total. The molecule has 1 aliphatic rings. The van der Waals surface area contributed by atoms with Gasteiger partial charge in [0.1, 0.15) is 0 Å². The van der Waals surface area contributed by atoms with E-state index >= 15 is 0 Å². The molecule has 1 heterocycles. The van der Waals surface area contributed by atoms with E-state index in [0.29, 0.717) is 5.22 Å². The summed E-state index contributed by atoms with van der Waals surface area (Å²) in [5.41, 5.74) is 5.46. The third kappa shape index (κ3) is 4.25. The molecule has 1 unspecified atom stereocenters. The van der Waals surface area contributed by atoms with Crippen molar-refractivity contribution in [3.8, 4) is 0 Å². The second kappa shape index (κ2) is 5.78. The SMILES string of the molecule is NCCCCCC1([SiH3])CCCCO1. The molecule has 78 valence electrons. The van der Waals surface area contributed by atoms with Gasteiger partial charge in [0.2, 0.25) is 0 Å². The minimum absolute atomic E-state index is 0.326. The van der Waals surface area contributed by atoms with Crippen molar-refractivity contribution in [2.24, 2.45) is 5.73 Å². The molecule has 0 bridgehead atoms. The van der Waals surface area contributed by atoms with E-state index in [1.165, 1.54) is 55.2 Å². The van der Waals surface area contributed by atoms with Crippen LogP contribution >= 0.6 is 0 Å². The molecule has 0 amide bonds. The fourth-order valence-electron chi connectivity index (χ4n) is 2.01. The first-order chi connectivity index (χ1) is 6.27. The Morgan fingerprint density at radius 2 is 2.08 bits per heavy atom. The van der Waals surface area contributed by atoms with Crippen molar-refractivity contribution in [3.63, 3.8) is 0 Å². The lowest BCUT2D eigenvalue weighted by molar-refractivity contribution is -0.0239. The number of hydrogen-bond donors (Lipinski definition) is 1. The van der Waals surface area contributed by atoms with Crippen molar-refractivity contribution >= 4 is 10.2 Å². The van der Waals surface area contributed by atoms with Gasteiger partial charge in [0.05, 0.1) is 0 Å². The van der Waals surface area contributed by atoms with Gasteiger partial charge in [0.25, 0.3) is 0 Å². The Hall–Kier alpha value is 0.137. The molecule has 0 saturated carbocycles. The highest BCUT2D eigenvalue weighted by molar-refractivity contribution is 6.14. The molecule has 0 aromatic rings. The molecule has 1 saturated heterocycles. The lowest BCUT2D eigenvalue weighted by Gasteiger charge is -2.34. The Kier molecular flexibility index (Phi) is 4.99. The van der Waals surface area contributed by atoms with Crippen molar-refractivity contribution in [2.75, 3.05) is 13.2 Å². The number of unbranched alkanes of at least 4 members (excludes halogenated alkanes) is 2. The predicted molar refractivity (Wildman–Crippen MR) is 60.0 cm³/mol. The van der Waals surface area contributed by atoms with Gasteiger partial charge in [-0.3, -0.25) is 0 Å². The monoisotopic (exact) mass is 201 g/mol. The second-order valence-corrected chi connectivity index (χ2v) is 6.18. The lowest BCUT2D eigenvalue weighted by atomic mass is 10.0. The zero-order valence-electron chi connectivity index (χ0n) is 8.85. The molecule has 1 rings (SSSR count). The van der Waals surface area contributed by atoms with Gasteiger partial charge >= 0.3 is 0 Å². The largest absolute Gasteiger partial charge is 0.380 e. The number of rotatable bonds is 5. The molecule has 1 atom stereocenters. The second-order valence-electron chi connectivity index (χ2n) is 4.35. The van der Waals surface area contributed by atoms with Crippen LogP contribution in [-0.2, 0) is 4.74 Å². The van der Waals surface area contributed by atoms with Crippen LogP contribution in [0.4, 0.5) is 0 Å². The number of nitrogens with two attached hydrogens (primary N) is 1. The van der Waals surface area contributed by atoms with Crippen LogP contribution in [0.3, 0.4) is 0 Å². The fraction of sp³-hybridized carbons (Fsp3) is 1.00. The maximum Gasteiger partial charge on any atom is 0.0486 e. The first kappa shape index (κ1) is 11.2. The van der Waals surface area contributed by atoms with Crippen molar-refractivity contribution in [1.29, 1.82) is 0 Å². The molecule has 0 aromatic carbocycles. The smallest absolute Gasteiger partial charge is 0.0486 e. The summed E-state index contributed by atoms with van der Waals surface area (Å²) in [7, 11) is 1.19. The highest BCUT2D eigenvalue weighted by Gasteiger charge is 2.26. The zero-order chi connectivity index (χ0) is 9.57. The van der Waals surface area contributed by atoms with Gasteiger partial charge < -0.3 is 10.5 Å². The topological polar surface area (TPSA) is 35.2 Å². The van der Waals surface area contributed by atoms with E-state index in [4.69, 9.17) is 10.5 Å². The maximum atomic E-state index is 5.88. The van der Waals surface area contributed by atoms with Crippen LogP contribution in [0.5, 0.6) is 0 Å². The minimum atomic E-state index is 0.326. The first-order valence-corrected chi connectivity index (χ1v) is 6.61. The molecule has 2 nitrogen and oxygen atoms in total. The number of hydrogen-bond acceptors (Lipinski definition) is 2. The average molecular weight is 201 g/mol. The third-order valence-corrected chi connectivity index (χ3v) is 4.25. The summed E-state index contributed by atoms with van der Waals surface area (Å²) in [6.07, 6.45) is 9.00. The van der Waals surface area contributed by atoms with E-state index in [2.05, 4.69) is 0 Å². The van der Waals surface area contributed by atoms with Crippen LogP contribution in [-0.4, -0.2) is 28.6 Å². The van der Waals surface area contributed by atoms with Crippen molar-refractivity contribution < 1.29 is 4.74 Å². The number of ether oxygens (including phenoxy) is 1. The Balaban J connectivity index is 2.10. The predicted octanol–water partition coefficient (Wildman–Crippen LogP) is 0.768. The lowest BCUT2D eigenvalue weighted by Crippen LogP contribution is -2.36. The third-order valence-electron chi connectivity index (χ3n) is 2.96. The van der Waals surface area contributed by atoms with E-state index < -0.39 is 0 Å². The Labute approximate surface area is 84.6 Å². The molecule has 0 aliphatic carbocycles. The van der Waals surface area contributed by atoms with E-state index in [9.17, 15) is 0 Å². The van der Waals surface area contributed by atoms with E-state index in [1.807, 2.05) is 0 Å². The Morgan fingerprint density at radius 3 is 2.69 bits per heavy atom. The minimum Gasteiger partial charge on any atom is -0.380 e. The van der Waals surface area contributed by atoms with Crippen molar-refractivity contribution in [3.05, 3.63) is 0 Å². The fourth-order valence-corrected chi connectivity index (χ4v) is 2.92. The molecule has 0 aromatic heterocycles. The molecule has 13 heavy (non-hydrogen) atoms. The molecule has 1 aliphatic heterocycles. The highest BCUT2D eigenvalue weighted by atomic mass is 28.1. The molecular weight excluding hydrogens is 178 g/mol. The first-order valence-electron chi connectivity index (χ1n) is 5.61. The molecule has 1 fully saturated rings. The summed E-state index contributed by atoms with van der Waals surface area (Å²) in [5.74, 6) is 0. The Bertz CT molecular complexity index is 135. The highest BCUT2D eigenvalue weighted by Crippen LogP contribution is 2.26. The molecular formula is C10H23NOSi. The standard InChI is InChI=1S/C10H23NOSi/c11-8-4-1-2-6-10(13)7-3-5-9-12-10/h1-9,11H2,13H3. The summed E-state index contributed by atoms with van der Waals surface area (Å²) < 4.78 is 5.88. The van der Waals surface area contributed by atoms with Gasteiger partial charge in [-0.1, -0.05) is 12.8 Å². The van der Waals surface area contributed by atoms with Crippen LogP contribution in [0.25, 0.3) is 0 Å². The quantitative estimate of drug-likeness (QED) is 0.527. The van der Waals surface area contributed by atoms with Crippen LogP contribution < -0.4 is 5.73 Å². The van der Waals surface area contributed by atoms with Crippen molar-refractivity contribution in [1.82, 2.24) is 0 Å².